The van der Waals surface area contributed by atoms with Crippen LogP contribution in [0.5, 0.6) is 0 Å². The lowest BCUT2D eigenvalue weighted by atomic mass is 9.99. The van der Waals surface area contributed by atoms with E-state index in [1.54, 1.807) is 25.1 Å². The molecule has 1 aliphatic heterocycles. The van der Waals surface area contributed by atoms with Gasteiger partial charge in [-0.15, -0.1) is 0 Å². The molecule has 1 fully saturated rings. The Morgan fingerprint density at radius 1 is 1.19 bits per heavy atom. The van der Waals surface area contributed by atoms with Gasteiger partial charge in [-0.1, -0.05) is 19.1 Å². The number of rotatable bonds is 5. The fourth-order valence-electron chi connectivity index (χ4n) is 2.99. The minimum absolute atomic E-state index is 0.0899. The van der Waals surface area contributed by atoms with Crippen molar-refractivity contribution < 1.29 is 14.3 Å². The molecule has 1 aromatic heterocycles. The van der Waals surface area contributed by atoms with E-state index in [0.717, 1.165) is 25.9 Å². The van der Waals surface area contributed by atoms with E-state index < -0.39 is 5.97 Å². The minimum atomic E-state index is -0.403. The monoisotopic (exact) mass is 368 g/mol. The Labute approximate surface area is 158 Å². The van der Waals surface area contributed by atoms with Gasteiger partial charge in [0.25, 0.3) is 5.91 Å². The SMILES string of the molecule is CCOC(=O)c1ccccc1Nc1cnc(C(=O)N2CCC(C)CC2)cn1. The van der Waals surface area contributed by atoms with Gasteiger partial charge >= 0.3 is 5.97 Å². The fourth-order valence-corrected chi connectivity index (χ4v) is 2.99. The molecule has 0 atom stereocenters. The zero-order valence-corrected chi connectivity index (χ0v) is 15.6. The largest absolute Gasteiger partial charge is 0.462 e. The quantitative estimate of drug-likeness (QED) is 0.816. The number of carbonyl (C=O) groups is 2. The van der Waals surface area contributed by atoms with Gasteiger partial charge in [0, 0.05) is 13.1 Å². The highest BCUT2D eigenvalue weighted by atomic mass is 16.5. The first kappa shape index (κ1) is 18.8. The Morgan fingerprint density at radius 2 is 1.93 bits per heavy atom. The van der Waals surface area contributed by atoms with Gasteiger partial charge in [0.15, 0.2) is 0 Å². The summed E-state index contributed by atoms with van der Waals surface area (Å²) in [5, 5.41) is 3.06. The Morgan fingerprint density at radius 3 is 2.59 bits per heavy atom. The summed E-state index contributed by atoms with van der Waals surface area (Å²) in [7, 11) is 0. The summed E-state index contributed by atoms with van der Waals surface area (Å²) in [5.41, 5.74) is 1.33. The van der Waals surface area contributed by atoms with E-state index in [0.29, 0.717) is 35.3 Å². The highest BCUT2D eigenvalue weighted by Gasteiger charge is 2.22. The number of nitrogens with zero attached hydrogens (tertiary/aromatic N) is 3. The molecule has 1 aliphatic rings. The van der Waals surface area contributed by atoms with Crippen molar-refractivity contribution >= 4 is 23.4 Å². The summed E-state index contributed by atoms with van der Waals surface area (Å²) >= 11 is 0. The zero-order chi connectivity index (χ0) is 19.2. The molecule has 1 saturated heterocycles. The number of piperidine rings is 1. The number of hydrogen-bond acceptors (Lipinski definition) is 6. The zero-order valence-electron chi connectivity index (χ0n) is 15.6. The first-order valence-corrected chi connectivity index (χ1v) is 9.23. The summed E-state index contributed by atoms with van der Waals surface area (Å²) in [6.07, 6.45) is 5.00. The molecule has 0 spiro atoms. The number of carbonyl (C=O) groups excluding carboxylic acids is 2. The smallest absolute Gasteiger partial charge is 0.340 e. The van der Waals surface area contributed by atoms with Crippen LogP contribution in [0.1, 0.15) is 47.5 Å². The predicted molar refractivity (Wildman–Crippen MR) is 102 cm³/mol. The van der Waals surface area contributed by atoms with Crippen molar-refractivity contribution in [2.24, 2.45) is 5.92 Å². The minimum Gasteiger partial charge on any atom is -0.462 e. The van der Waals surface area contributed by atoms with Crippen molar-refractivity contribution in [2.75, 3.05) is 25.0 Å². The number of ether oxygens (including phenoxy) is 1. The van der Waals surface area contributed by atoms with Crippen LogP contribution in [0.2, 0.25) is 0 Å². The molecular formula is C20H24N4O3. The highest BCUT2D eigenvalue weighted by Crippen LogP contribution is 2.21. The van der Waals surface area contributed by atoms with Crippen LogP contribution in [0.25, 0.3) is 0 Å². The number of nitrogens with one attached hydrogen (secondary N) is 1. The van der Waals surface area contributed by atoms with Crippen LogP contribution in [0, 0.1) is 5.92 Å². The molecular weight excluding hydrogens is 344 g/mol. The molecule has 0 unspecified atom stereocenters. The van der Waals surface area contributed by atoms with Crippen LogP contribution >= 0.6 is 0 Å². The lowest BCUT2D eigenvalue weighted by Gasteiger charge is -2.29. The Kier molecular flexibility index (Phi) is 6.01. The van der Waals surface area contributed by atoms with E-state index >= 15 is 0 Å². The van der Waals surface area contributed by atoms with Crippen molar-refractivity contribution in [3.05, 3.63) is 47.9 Å². The number of hydrogen-bond donors (Lipinski definition) is 1. The normalized spacial score (nSPS) is 14.7. The van der Waals surface area contributed by atoms with Crippen LogP contribution in [-0.2, 0) is 4.74 Å². The van der Waals surface area contributed by atoms with Crippen LogP contribution in [0.3, 0.4) is 0 Å². The molecule has 27 heavy (non-hydrogen) atoms. The van der Waals surface area contributed by atoms with Gasteiger partial charge in [0.1, 0.15) is 11.5 Å². The highest BCUT2D eigenvalue weighted by molar-refractivity contribution is 5.96. The lowest BCUT2D eigenvalue weighted by molar-refractivity contribution is 0.0527. The summed E-state index contributed by atoms with van der Waals surface area (Å²) in [6.45, 7) is 5.79. The van der Waals surface area contributed by atoms with Gasteiger partial charge in [-0.2, -0.15) is 0 Å². The van der Waals surface area contributed by atoms with Crippen molar-refractivity contribution in [2.45, 2.75) is 26.7 Å². The second-order valence-corrected chi connectivity index (χ2v) is 6.65. The number of benzene rings is 1. The summed E-state index contributed by atoms with van der Waals surface area (Å²) in [4.78, 5) is 34.9. The average Bonchev–Trinajstić information content (AvgIpc) is 2.69. The molecule has 7 nitrogen and oxygen atoms in total. The van der Waals surface area contributed by atoms with Gasteiger partial charge in [-0.05, 0) is 37.8 Å². The maximum atomic E-state index is 12.5. The first-order valence-electron chi connectivity index (χ1n) is 9.23. The van der Waals surface area contributed by atoms with Gasteiger partial charge in [-0.25, -0.2) is 14.8 Å². The van der Waals surface area contributed by atoms with Crippen molar-refractivity contribution in [1.29, 1.82) is 0 Å². The van der Waals surface area contributed by atoms with Gasteiger partial charge in [0.2, 0.25) is 0 Å². The van der Waals surface area contributed by atoms with E-state index in [9.17, 15) is 9.59 Å². The third-order valence-electron chi connectivity index (χ3n) is 4.63. The van der Waals surface area contributed by atoms with Crippen molar-refractivity contribution in [3.8, 4) is 0 Å². The number of para-hydroxylation sites is 1. The number of esters is 1. The van der Waals surface area contributed by atoms with Crippen molar-refractivity contribution in [3.63, 3.8) is 0 Å². The molecule has 0 aliphatic carbocycles. The second-order valence-electron chi connectivity index (χ2n) is 6.65. The van der Waals surface area contributed by atoms with Crippen LogP contribution < -0.4 is 5.32 Å². The van der Waals surface area contributed by atoms with Crippen molar-refractivity contribution in [1.82, 2.24) is 14.9 Å². The van der Waals surface area contributed by atoms with Gasteiger partial charge < -0.3 is 15.0 Å². The summed E-state index contributed by atoms with van der Waals surface area (Å²) < 4.78 is 5.07. The molecule has 1 amide bonds. The van der Waals surface area contributed by atoms with Crippen LogP contribution in [0.15, 0.2) is 36.7 Å². The molecule has 2 heterocycles. The van der Waals surface area contributed by atoms with E-state index in [4.69, 9.17) is 4.74 Å². The van der Waals surface area contributed by atoms with E-state index in [1.165, 1.54) is 12.4 Å². The molecule has 142 valence electrons. The molecule has 0 radical (unpaired) electrons. The lowest BCUT2D eigenvalue weighted by Crippen LogP contribution is -2.38. The van der Waals surface area contributed by atoms with Gasteiger partial charge in [0.05, 0.1) is 30.3 Å². The van der Waals surface area contributed by atoms with E-state index in [2.05, 4.69) is 22.2 Å². The fraction of sp³-hybridized carbons (Fsp3) is 0.400. The Bertz CT molecular complexity index is 799. The average molecular weight is 368 g/mol. The second kappa shape index (κ2) is 8.62. The maximum Gasteiger partial charge on any atom is 0.340 e. The van der Waals surface area contributed by atoms with Crippen LogP contribution in [-0.4, -0.2) is 46.4 Å². The molecule has 2 aromatic rings. The summed E-state index contributed by atoms with van der Waals surface area (Å²) in [6, 6.07) is 7.03. The Hall–Kier alpha value is -2.96. The molecule has 3 rings (SSSR count). The maximum absolute atomic E-state index is 12.5. The third kappa shape index (κ3) is 4.61. The molecule has 0 bridgehead atoms. The predicted octanol–water partition coefficient (Wildman–Crippen LogP) is 3.27. The summed E-state index contributed by atoms with van der Waals surface area (Å²) in [5.74, 6) is 0.620. The number of aromatic nitrogens is 2. The van der Waals surface area contributed by atoms with Gasteiger partial charge in [-0.3, -0.25) is 4.79 Å². The standard InChI is InChI=1S/C20H24N4O3/c1-3-27-20(26)15-6-4-5-7-16(15)23-18-13-21-17(12-22-18)19(25)24-10-8-14(2)9-11-24/h4-7,12-14H,3,8-11H2,1-2H3,(H,22,23). The number of anilines is 2. The third-order valence-corrected chi connectivity index (χ3v) is 4.63. The first-order chi connectivity index (χ1) is 13.1. The number of amides is 1. The molecule has 7 heteroatoms. The number of likely N-dealkylation sites (tertiary alicyclic amines) is 1. The van der Waals surface area contributed by atoms with Crippen LogP contribution in [0.4, 0.5) is 11.5 Å². The Balaban J connectivity index is 1.70. The van der Waals surface area contributed by atoms with E-state index in [-0.39, 0.29) is 5.91 Å². The topological polar surface area (TPSA) is 84.4 Å². The van der Waals surface area contributed by atoms with E-state index in [1.807, 2.05) is 11.0 Å². The molecule has 0 saturated carbocycles. The molecule has 1 N–H and O–H groups in total. The molecule has 1 aromatic carbocycles.